The number of imidazole rings is 1. The molecule has 1 atom stereocenters. The molecule has 90 valence electrons. The predicted molar refractivity (Wildman–Crippen MR) is 64.2 cm³/mol. The standard InChI is InChI=1S/C12H17N5/c1-16-8-6-13-12(16)9-17-7-2-3-11(17)10-4-5-14-15-10/h4-6,8,11H,2-3,7,9H2,1H3,(H,14,15)/t11-/m1/s1. The van der Waals surface area contributed by atoms with Gasteiger partial charge in [0.2, 0.25) is 0 Å². The quantitative estimate of drug-likeness (QED) is 0.870. The summed E-state index contributed by atoms with van der Waals surface area (Å²) >= 11 is 0. The molecule has 17 heavy (non-hydrogen) atoms. The second-order valence-electron chi connectivity index (χ2n) is 4.59. The third-order valence-electron chi connectivity index (χ3n) is 3.51. The molecule has 5 nitrogen and oxygen atoms in total. The van der Waals surface area contributed by atoms with Gasteiger partial charge in [-0.1, -0.05) is 0 Å². The largest absolute Gasteiger partial charge is 0.337 e. The zero-order chi connectivity index (χ0) is 11.7. The van der Waals surface area contributed by atoms with Gasteiger partial charge < -0.3 is 4.57 Å². The van der Waals surface area contributed by atoms with Crippen LogP contribution >= 0.6 is 0 Å². The lowest BCUT2D eigenvalue weighted by Crippen LogP contribution is -2.24. The maximum atomic E-state index is 4.39. The van der Waals surface area contributed by atoms with E-state index in [2.05, 4.69) is 30.7 Å². The first-order valence-corrected chi connectivity index (χ1v) is 6.04. The Morgan fingerprint density at radius 1 is 1.47 bits per heavy atom. The van der Waals surface area contributed by atoms with Crippen molar-refractivity contribution < 1.29 is 0 Å². The lowest BCUT2D eigenvalue weighted by Gasteiger charge is -2.22. The Hall–Kier alpha value is -1.62. The van der Waals surface area contributed by atoms with Gasteiger partial charge in [0.25, 0.3) is 0 Å². The molecule has 1 aliphatic heterocycles. The summed E-state index contributed by atoms with van der Waals surface area (Å²) < 4.78 is 2.09. The van der Waals surface area contributed by atoms with Crippen molar-refractivity contribution in [2.75, 3.05) is 6.54 Å². The molecule has 0 saturated carbocycles. The van der Waals surface area contributed by atoms with E-state index in [1.165, 1.54) is 18.5 Å². The molecule has 0 amide bonds. The Morgan fingerprint density at radius 2 is 2.41 bits per heavy atom. The molecular formula is C12H17N5. The number of rotatable bonds is 3. The molecule has 0 bridgehead atoms. The summed E-state index contributed by atoms with van der Waals surface area (Å²) in [6, 6.07) is 2.54. The van der Waals surface area contributed by atoms with Crippen molar-refractivity contribution in [1.82, 2.24) is 24.6 Å². The fraction of sp³-hybridized carbons (Fsp3) is 0.500. The fourth-order valence-corrected chi connectivity index (χ4v) is 2.55. The summed E-state index contributed by atoms with van der Waals surface area (Å²) in [7, 11) is 2.05. The monoisotopic (exact) mass is 231 g/mol. The van der Waals surface area contributed by atoms with E-state index in [4.69, 9.17) is 0 Å². The molecule has 1 saturated heterocycles. The van der Waals surface area contributed by atoms with Crippen LogP contribution in [0.1, 0.15) is 30.4 Å². The lowest BCUT2D eigenvalue weighted by molar-refractivity contribution is 0.236. The number of aryl methyl sites for hydroxylation is 1. The Morgan fingerprint density at radius 3 is 3.12 bits per heavy atom. The molecule has 5 heteroatoms. The van der Waals surface area contributed by atoms with E-state index in [1.54, 1.807) is 0 Å². The highest BCUT2D eigenvalue weighted by molar-refractivity contribution is 5.07. The van der Waals surface area contributed by atoms with Gasteiger partial charge in [0, 0.05) is 25.6 Å². The minimum atomic E-state index is 0.467. The predicted octanol–water partition coefficient (Wildman–Crippen LogP) is 1.48. The van der Waals surface area contributed by atoms with E-state index in [9.17, 15) is 0 Å². The van der Waals surface area contributed by atoms with Crippen molar-refractivity contribution in [2.45, 2.75) is 25.4 Å². The smallest absolute Gasteiger partial charge is 0.122 e. The number of aromatic nitrogens is 4. The van der Waals surface area contributed by atoms with Gasteiger partial charge in [-0.25, -0.2) is 4.98 Å². The molecule has 0 radical (unpaired) electrons. The summed E-state index contributed by atoms with van der Waals surface area (Å²) in [6.45, 7) is 2.05. The number of nitrogens with zero attached hydrogens (tertiary/aromatic N) is 4. The number of hydrogen-bond donors (Lipinski definition) is 1. The van der Waals surface area contributed by atoms with E-state index in [0.717, 1.165) is 18.9 Å². The topological polar surface area (TPSA) is 49.7 Å². The van der Waals surface area contributed by atoms with Crippen LogP contribution in [0.4, 0.5) is 0 Å². The molecule has 2 aromatic heterocycles. The highest BCUT2D eigenvalue weighted by Crippen LogP contribution is 2.31. The van der Waals surface area contributed by atoms with E-state index >= 15 is 0 Å². The number of aromatic amines is 1. The Kier molecular flexibility index (Phi) is 2.68. The molecular weight excluding hydrogens is 214 g/mol. The Labute approximate surface area is 100 Å². The summed E-state index contributed by atoms with van der Waals surface area (Å²) in [5.41, 5.74) is 1.22. The molecule has 3 heterocycles. The zero-order valence-corrected chi connectivity index (χ0v) is 10.0. The van der Waals surface area contributed by atoms with Gasteiger partial charge >= 0.3 is 0 Å². The van der Waals surface area contributed by atoms with E-state index < -0.39 is 0 Å². The van der Waals surface area contributed by atoms with Crippen molar-refractivity contribution in [3.63, 3.8) is 0 Å². The third kappa shape index (κ3) is 1.98. The summed E-state index contributed by atoms with van der Waals surface area (Å²) in [5, 5.41) is 7.13. The van der Waals surface area contributed by atoms with Crippen molar-refractivity contribution in [3.8, 4) is 0 Å². The van der Waals surface area contributed by atoms with Crippen LogP contribution in [-0.4, -0.2) is 31.2 Å². The maximum Gasteiger partial charge on any atom is 0.122 e. The number of H-pyrrole nitrogens is 1. The number of hydrogen-bond acceptors (Lipinski definition) is 3. The SMILES string of the molecule is Cn1ccnc1CN1CCC[C@@H]1c1ccn[nH]1. The van der Waals surface area contributed by atoms with Crippen molar-refractivity contribution in [1.29, 1.82) is 0 Å². The number of nitrogens with one attached hydrogen (secondary N) is 1. The molecule has 2 aromatic rings. The number of likely N-dealkylation sites (tertiary alicyclic amines) is 1. The molecule has 1 fully saturated rings. The van der Waals surface area contributed by atoms with Gasteiger partial charge in [0.1, 0.15) is 5.82 Å². The van der Waals surface area contributed by atoms with Crippen LogP contribution in [0.25, 0.3) is 0 Å². The van der Waals surface area contributed by atoms with Crippen LogP contribution in [-0.2, 0) is 13.6 Å². The van der Waals surface area contributed by atoms with Gasteiger partial charge in [-0.2, -0.15) is 5.10 Å². The third-order valence-corrected chi connectivity index (χ3v) is 3.51. The second-order valence-corrected chi connectivity index (χ2v) is 4.59. The average molecular weight is 231 g/mol. The Bertz CT molecular complexity index is 473. The highest BCUT2D eigenvalue weighted by atomic mass is 15.2. The van der Waals surface area contributed by atoms with Gasteiger partial charge in [-0.05, 0) is 25.5 Å². The summed E-state index contributed by atoms with van der Waals surface area (Å²) in [5.74, 6) is 1.12. The van der Waals surface area contributed by atoms with Crippen LogP contribution in [0.2, 0.25) is 0 Å². The first kappa shape index (κ1) is 10.5. The van der Waals surface area contributed by atoms with Crippen LogP contribution in [0, 0.1) is 0 Å². The Balaban J connectivity index is 1.77. The van der Waals surface area contributed by atoms with Gasteiger partial charge in [-0.3, -0.25) is 10.00 Å². The average Bonchev–Trinajstić information content (AvgIpc) is 3.02. The second kappa shape index (κ2) is 4.33. The van der Waals surface area contributed by atoms with E-state index in [-0.39, 0.29) is 0 Å². The molecule has 0 unspecified atom stereocenters. The van der Waals surface area contributed by atoms with E-state index in [1.807, 2.05) is 25.6 Å². The summed E-state index contributed by atoms with van der Waals surface area (Å²) in [6.07, 6.45) is 8.13. The molecule has 1 aliphatic rings. The zero-order valence-electron chi connectivity index (χ0n) is 10.0. The van der Waals surface area contributed by atoms with Crippen LogP contribution in [0.3, 0.4) is 0 Å². The molecule has 0 spiro atoms. The fourth-order valence-electron chi connectivity index (χ4n) is 2.55. The van der Waals surface area contributed by atoms with Crippen molar-refractivity contribution >= 4 is 0 Å². The minimum Gasteiger partial charge on any atom is -0.337 e. The molecule has 1 N–H and O–H groups in total. The molecule has 0 aromatic carbocycles. The van der Waals surface area contributed by atoms with Crippen LogP contribution in [0.5, 0.6) is 0 Å². The lowest BCUT2D eigenvalue weighted by atomic mass is 10.1. The van der Waals surface area contributed by atoms with Crippen molar-refractivity contribution in [3.05, 3.63) is 36.2 Å². The van der Waals surface area contributed by atoms with Crippen LogP contribution < -0.4 is 0 Å². The first-order chi connectivity index (χ1) is 8.34. The molecule has 0 aliphatic carbocycles. The highest BCUT2D eigenvalue weighted by Gasteiger charge is 2.27. The minimum absolute atomic E-state index is 0.467. The van der Waals surface area contributed by atoms with Crippen LogP contribution in [0.15, 0.2) is 24.7 Å². The van der Waals surface area contributed by atoms with Crippen molar-refractivity contribution in [2.24, 2.45) is 7.05 Å². The van der Waals surface area contributed by atoms with Gasteiger partial charge in [0.05, 0.1) is 18.3 Å². The van der Waals surface area contributed by atoms with Gasteiger partial charge in [0.15, 0.2) is 0 Å². The van der Waals surface area contributed by atoms with Gasteiger partial charge in [-0.15, -0.1) is 0 Å². The normalized spacial score (nSPS) is 21.1. The molecule has 3 rings (SSSR count). The first-order valence-electron chi connectivity index (χ1n) is 6.04. The summed E-state index contributed by atoms with van der Waals surface area (Å²) in [4.78, 5) is 6.86. The van der Waals surface area contributed by atoms with E-state index in [0.29, 0.717) is 6.04 Å². The maximum absolute atomic E-state index is 4.39.